The molecule has 0 saturated carbocycles. The van der Waals surface area contributed by atoms with Crippen molar-refractivity contribution in [3.8, 4) is 0 Å². The molecule has 1 amide bonds. The van der Waals surface area contributed by atoms with Gasteiger partial charge in [-0.25, -0.2) is 0 Å². The summed E-state index contributed by atoms with van der Waals surface area (Å²) in [6, 6.07) is 4.94. The Morgan fingerprint density at radius 3 is 2.32 bits per heavy atom. The van der Waals surface area contributed by atoms with E-state index in [2.05, 4.69) is 24.1 Å². The van der Waals surface area contributed by atoms with Crippen molar-refractivity contribution >= 4 is 5.91 Å². The number of amides is 1. The van der Waals surface area contributed by atoms with Crippen LogP contribution >= 0.6 is 0 Å². The summed E-state index contributed by atoms with van der Waals surface area (Å²) in [6.45, 7) is 7.84. The van der Waals surface area contributed by atoms with Crippen LogP contribution in [0.3, 0.4) is 0 Å². The lowest BCUT2D eigenvalue weighted by Gasteiger charge is -2.36. The van der Waals surface area contributed by atoms with Crippen LogP contribution in [0.5, 0.6) is 0 Å². The number of carbonyl (C=O) groups excluding carboxylic acids is 1. The molecular weight excluding hydrogens is 333 g/mol. The minimum Gasteiger partial charge on any atom is -0.379 e. The van der Waals surface area contributed by atoms with E-state index in [1.807, 2.05) is 0 Å². The predicted octanol–water partition coefficient (Wildman–Crippen LogP) is 2.72. The van der Waals surface area contributed by atoms with E-state index >= 15 is 0 Å². The second-order valence-corrected chi connectivity index (χ2v) is 6.64. The number of ether oxygens (including phenoxy) is 1. The van der Waals surface area contributed by atoms with Gasteiger partial charge >= 0.3 is 6.18 Å². The Bertz CT molecular complexity index is 552. The van der Waals surface area contributed by atoms with Gasteiger partial charge in [0.15, 0.2) is 0 Å². The van der Waals surface area contributed by atoms with Gasteiger partial charge in [-0.3, -0.25) is 9.69 Å². The van der Waals surface area contributed by atoms with Gasteiger partial charge in [-0.1, -0.05) is 26.0 Å². The second-order valence-electron chi connectivity index (χ2n) is 6.64. The molecule has 140 valence electrons. The number of rotatable bonds is 6. The van der Waals surface area contributed by atoms with Crippen LogP contribution in [0.1, 0.15) is 25.0 Å². The summed E-state index contributed by atoms with van der Waals surface area (Å²) in [7, 11) is 0. The number of carbonyl (C=O) groups is 1. The van der Waals surface area contributed by atoms with E-state index < -0.39 is 11.7 Å². The molecule has 25 heavy (non-hydrogen) atoms. The van der Waals surface area contributed by atoms with Crippen molar-refractivity contribution in [3.63, 3.8) is 0 Å². The molecule has 0 spiro atoms. The monoisotopic (exact) mass is 358 g/mol. The lowest BCUT2D eigenvalue weighted by atomic mass is 10.0. The summed E-state index contributed by atoms with van der Waals surface area (Å²) >= 11 is 0. The van der Waals surface area contributed by atoms with Crippen LogP contribution in [0.2, 0.25) is 0 Å². The van der Waals surface area contributed by atoms with Crippen molar-refractivity contribution in [2.24, 2.45) is 5.92 Å². The quantitative estimate of drug-likeness (QED) is 0.850. The third kappa shape index (κ3) is 6.01. The average molecular weight is 358 g/mol. The molecule has 1 aromatic carbocycles. The normalized spacial score (nSPS) is 17.5. The molecule has 7 heteroatoms. The summed E-state index contributed by atoms with van der Waals surface area (Å²) < 4.78 is 43.0. The Morgan fingerprint density at radius 2 is 1.80 bits per heavy atom. The van der Waals surface area contributed by atoms with Crippen molar-refractivity contribution in [1.82, 2.24) is 10.2 Å². The van der Waals surface area contributed by atoms with E-state index in [0.29, 0.717) is 31.2 Å². The highest BCUT2D eigenvalue weighted by Gasteiger charge is 2.30. The molecule has 4 nitrogen and oxygen atoms in total. The molecule has 0 radical (unpaired) electrons. The molecule has 0 aromatic heterocycles. The number of alkyl halides is 3. The fraction of sp³-hybridized carbons (Fsp3) is 0.611. The Kier molecular flexibility index (Phi) is 6.84. The number of morpholine rings is 1. The van der Waals surface area contributed by atoms with Gasteiger partial charge in [0.25, 0.3) is 0 Å². The summed E-state index contributed by atoms with van der Waals surface area (Å²) in [4.78, 5) is 14.4. The topological polar surface area (TPSA) is 41.6 Å². The molecule has 1 atom stereocenters. The molecular formula is C18H25F3N2O2. The fourth-order valence-electron chi connectivity index (χ4n) is 2.97. The molecule has 1 unspecified atom stereocenters. The highest BCUT2D eigenvalue weighted by molar-refractivity contribution is 5.78. The third-order valence-electron chi connectivity index (χ3n) is 4.44. The molecule has 2 rings (SSSR count). The largest absolute Gasteiger partial charge is 0.416 e. The van der Waals surface area contributed by atoms with Crippen LogP contribution in [0.4, 0.5) is 13.2 Å². The minimum absolute atomic E-state index is 0.0755. The Morgan fingerprint density at radius 1 is 1.20 bits per heavy atom. The maximum Gasteiger partial charge on any atom is 0.416 e. The molecule has 1 aliphatic heterocycles. The van der Waals surface area contributed by atoms with Gasteiger partial charge in [-0.15, -0.1) is 0 Å². The van der Waals surface area contributed by atoms with Crippen LogP contribution in [0.15, 0.2) is 24.3 Å². The van der Waals surface area contributed by atoms with E-state index in [4.69, 9.17) is 4.74 Å². The minimum atomic E-state index is -4.36. The van der Waals surface area contributed by atoms with Crippen molar-refractivity contribution in [2.75, 3.05) is 32.8 Å². The third-order valence-corrected chi connectivity index (χ3v) is 4.44. The molecule has 1 fully saturated rings. The predicted molar refractivity (Wildman–Crippen MR) is 89.2 cm³/mol. The van der Waals surface area contributed by atoms with Crippen molar-refractivity contribution in [2.45, 2.75) is 32.5 Å². The number of nitrogens with zero attached hydrogens (tertiary/aromatic N) is 1. The first-order valence-corrected chi connectivity index (χ1v) is 8.52. The van der Waals surface area contributed by atoms with Crippen LogP contribution in [0, 0.1) is 5.92 Å². The number of hydrogen-bond acceptors (Lipinski definition) is 3. The van der Waals surface area contributed by atoms with Crippen LogP contribution < -0.4 is 5.32 Å². The molecule has 1 heterocycles. The summed E-state index contributed by atoms with van der Waals surface area (Å²) in [5.74, 6) is 0.197. The van der Waals surface area contributed by atoms with E-state index in [0.717, 1.165) is 25.2 Å². The zero-order valence-electron chi connectivity index (χ0n) is 14.6. The zero-order chi connectivity index (χ0) is 18.4. The standard InChI is InChI=1S/C18H25F3N2O2/c1-13(2)16(23-7-9-25-10-8-23)12-22-17(24)11-14-3-5-15(6-4-14)18(19,20)21/h3-6,13,16H,7-12H2,1-2H3,(H,22,24). The van der Waals surface area contributed by atoms with Gasteiger partial charge in [0.2, 0.25) is 5.91 Å². The zero-order valence-corrected chi connectivity index (χ0v) is 14.6. The Balaban J connectivity index is 1.86. The first-order valence-electron chi connectivity index (χ1n) is 8.52. The maximum absolute atomic E-state index is 12.6. The number of hydrogen-bond donors (Lipinski definition) is 1. The van der Waals surface area contributed by atoms with Crippen LogP contribution in [-0.4, -0.2) is 49.7 Å². The number of halogens is 3. The average Bonchev–Trinajstić information content (AvgIpc) is 2.55. The second kappa shape index (κ2) is 8.67. The molecule has 1 aromatic rings. The van der Waals surface area contributed by atoms with E-state index in [9.17, 15) is 18.0 Å². The van der Waals surface area contributed by atoms with Gasteiger partial charge < -0.3 is 10.1 Å². The Hall–Kier alpha value is -1.60. The molecule has 1 N–H and O–H groups in total. The van der Waals surface area contributed by atoms with Gasteiger partial charge in [0.05, 0.1) is 25.2 Å². The number of nitrogens with one attached hydrogen (secondary N) is 1. The van der Waals surface area contributed by atoms with Crippen LogP contribution in [-0.2, 0) is 22.1 Å². The smallest absolute Gasteiger partial charge is 0.379 e. The van der Waals surface area contributed by atoms with E-state index in [-0.39, 0.29) is 18.4 Å². The van der Waals surface area contributed by atoms with Crippen molar-refractivity contribution in [3.05, 3.63) is 35.4 Å². The molecule has 0 aliphatic carbocycles. The molecule has 1 aliphatic rings. The molecule has 0 bridgehead atoms. The van der Waals surface area contributed by atoms with E-state index in [1.165, 1.54) is 12.1 Å². The fourth-order valence-corrected chi connectivity index (χ4v) is 2.97. The highest BCUT2D eigenvalue weighted by Crippen LogP contribution is 2.29. The van der Waals surface area contributed by atoms with Crippen molar-refractivity contribution in [1.29, 1.82) is 0 Å². The van der Waals surface area contributed by atoms with Crippen molar-refractivity contribution < 1.29 is 22.7 Å². The van der Waals surface area contributed by atoms with Gasteiger partial charge in [-0.2, -0.15) is 13.2 Å². The Labute approximate surface area is 146 Å². The first-order chi connectivity index (χ1) is 11.8. The first kappa shape index (κ1) is 19.7. The SMILES string of the molecule is CC(C)C(CNC(=O)Cc1ccc(C(F)(F)F)cc1)N1CCOCC1. The maximum atomic E-state index is 12.6. The van der Waals surface area contributed by atoms with Gasteiger partial charge in [0.1, 0.15) is 0 Å². The highest BCUT2D eigenvalue weighted by atomic mass is 19.4. The lowest BCUT2D eigenvalue weighted by Crippen LogP contribution is -2.51. The van der Waals surface area contributed by atoms with Crippen LogP contribution in [0.25, 0.3) is 0 Å². The summed E-state index contributed by atoms with van der Waals surface area (Å²) in [6.07, 6.45) is -4.28. The number of benzene rings is 1. The lowest BCUT2D eigenvalue weighted by molar-refractivity contribution is -0.137. The summed E-state index contributed by atoms with van der Waals surface area (Å²) in [5, 5.41) is 2.91. The molecule has 1 saturated heterocycles. The summed E-state index contributed by atoms with van der Waals surface area (Å²) in [5.41, 5.74) is -0.137. The van der Waals surface area contributed by atoms with Gasteiger partial charge in [0, 0.05) is 25.7 Å². The van der Waals surface area contributed by atoms with Gasteiger partial charge in [-0.05, 0) is 23.6 Å². The van der Waals surface area contributed by atoms with E-state index in [1.54, 1.807) is 0 Å².